The van der Waals surface area contributed by atoms with Crippen LogP contribution in [0.4, 0.5) is 20.6 Å². The Hall–Kier alpha value is -2.56. The summed E-state index contributed by atoms with van der Waals surface area (Å²) in [5.74, 6) is -0.356. The van der Waals surface area contributed by atoms with Crippen LogP contribution in [0.1, 0.15) is 12.5 Å². The lowest BCUT2D eigenvalue weighted by Gasteiger charge is -2.41. The molecule has 2 aromatic rings. The highest BCUT2D eigenvalue weighted by Gasteiger charge is 2.26. The molecule has 0 bridgehead atoms. The normalized spacial score (nSPS) is 17.7. The van der Waals surface area contributed by atoms with E-state index in [-0.39, 0.29) is 17.9 Å². The monoisotopic (exact) mass is 327 g/mol. The van der Waals surface area contributed by atoms with E-state index >= 15 is 0 Å². The molecule has 1 fully saturated rings. The van der Waals surface area contributed by atoms with Crippen LogP contribution in [0, 0.1) is 12.7 Å². The average Bonchev–Trinajstić information content (AvgIpc) is 2.56. The van der Waals surface area contributed by atoms with Crippen molar-refractivity contribution >= 4 is 17.4 Å². The first-order valence-corrected chi connectivity index (χ1v) is 8.18. The summed E-state index contributed by atoms with van der Waals surface area (Å²) in [5.41, 5.74) is 2.89. The van der Waals surface area contributed by atoms with Crippen LogP contribution in [-0.4, -0.2) is 36.6 Å². The second kappa shape index (κ2) is 6.91. The summed E-state index contributed by atoms with van der Waals surface area (Å²) in [6.45, 7) is 6.23. The molecule has 1 heterocycles. The Kier molecular flexibility index (Phi) is 4.69. The summed E-state index contributed by atoms with van der Waals surface area (Å²) in [7, 11) is 0. The predicted octanol–water partition coefficient (Wildman–Crippen LogP) is 3.88. The summed E-state index contributed by atoms with van der Waals surface area (Å²) in [4.78, 5) is 16.5. The molecule has 2 amide bonds. The number of rotatable bonds is 2. The average molecular weight is 327 g/mol. The van der Waals surface area contributed by atoms with E-state index in [0.717, 1.165) is 6.54 Å². The van der Waals surface area contributed by atoms with Crippen molar-refractivity contribution in [3.8, 4) is 0 Å². The van der Waals surface area contributed by atoms with Crippen molar-refractivity contribution in [3.05, 3.63) is 59.9 Å². The Morgan fingerprint density at radius 3 is 2.58 bits per heavy atom. The number of urea groups is 1. The fourth-order valence-electron chi connectivity index (χ4n) is 3.03. The maximum Gasteiger partial charge on any atom is 0.321 e. The van der Waals surface area contributed by atoms with E-state index in [1.165, 1.54) is 23.4 Å². The number of piperazine rings is 1. The van der Waals surface area contributed by atoms with E-state index < -0.39 is 0 Å². The molecular weight excluding hydrogens is 305 g/mol. The molecular formula is C19H22FN3O. The molecule has 24 heavy (non-hydrogen) atoms. The lowest BCUT2D eigenvalue weighted by atomic mass is 10.1. The standard InChI is InChI=1S/C19H22FN3O/c1-14-6-8-18(9-7-14)23-11-10-22(13-15(23)2)19(24)21-17-5-3-4-16(20)12-17/h3-9,12,15H,10-11,13H2,1-2H3,(H,21,24)/t15-/m1/s1. The summed E-state index contributed by atoms with van der Waals surface area (Å²) in [6, 6.07) is 14.4. The fourth-order valence-corrected chi connectivity index (χ4v) is 3.03. The lowest BCUT2D eigenvalue weighted by Crippen LogP contribution is -2.54. The SMILES string of the molecule is Cc1ccc(N2CCN(C(=O)Nc3cccc(F)c3)C[C@H]2C)cc1. The van der Waals surface area contributed by atoms with Gasteiger partial charge in [-0.3, -0.25) is 0 Å². The van der Waals surface area contributed by atoms with Gasteiger partial charge in [-0.2, -0.15) is 0 Å². The molecule has 5 heteroatoms. The van der Waals surface area contributed by atoms with Gasteiger partial charge in [0.15, 0.2) is 0 Å². The third-order valence-electron chi connectivity index (χ3n) is 4.36. The quantitative estimate of drug-likeness (QED) is 0.909. The molecule has 0 spiro atoms. The second-order valence-electron chi connectivity index (χ2n) is 6.26. The molecule has 1 N–H and O–H groups in total. The molecule has 4 nitrogen and oxygen atoms in total. The Morgan fingerprint density at radius 1 is 1.17 bits per heavy atom. The van der Waals surface area contributed by atoms with Gasteiger partial charge in [0.25, 0.3) is 0 Å². The minimum Gasteiger partial charge on any atom is -0.365 e. The summed E-state index contributed by atoms with van der Waals surface area (Å²) in [5, 5.41) is 2.76. The molecule has 126 valence electrons. The number of nitrogens with zero attached hydrogens (tertiary/aromatic N) is 2. The minimum atomic E-state index is -0.356. The fraction of sp³-hybridized carbons (Fsp3) is 0.316. The van der Waals surface area contributed by atoms with E-state index in [2.05, 4.69) is 48.3 Å². The van der Waals surface area contributed by atoms with E-state index in [4.69, 9.17) is 0 Å². The van der Waals surface area contributed by atoms with Crippen molar-refractivity contribution < 1.29 is 9.18 Å². The first-order chi connectivity index (χ1) is 11.5. The number of hydrogen-bond donors (Lipinski definition) is 1. The van der Waals surface area contributed by atoms with Crippen LogP contribution >= 0.6 is 0 Å². The number of carbonyl (C=O) groups excluding carboxylic acids is 1. The largest absolute Gasteiger partial charge is 0.365 e. The maximum atomic E-state index is 13.2. The summed E-state index contributed by atoms with van der Waals surface area (Å²) in [6.07, 6.45) is 0. The van der Waals surface area contributed by atoms with Gasteiger partial charge in [0.2, 0.25) is 0 Å². The van der Waals surface area contributed by atoms with E-state index in [1.54, 1.807) is 17.0 Å². The highest BCUT2D eigenvalue weighted by Crippen LogP contribution is 2.21. The number of aryl methyl sites for hydroxylation is 1. The molecule has 0 saturated carbocycles. The minimum absolute atomic E-state index is 0.184. The molecule has 3 rings (SSSR count). The number of hydrogen-bond acceptors (Lipinski definition) is 2. The first-order valence-electron chi connectivity index (χ1n) is 8.18. The number of anilines is 2. The zero-order valence-corrected chi connectivity index (χ0v) is 14.0. The molecule has 2 aromatic carbocycles. The van der Waals surface area contributed by atoms with Crippen molar-refractivity contribution in [2.24, 2.45) is 0 Å². The van der Waals surface area contributed by atoms with Crippen LogP contribution in [0.3, 0.4) is 0 Å². The number of amides is 2. The van der Waals surface area contributed by atoms with Crippen LogP contribution < -0.4 is 10.2 Å². The summed E-state index contributed by atoms with van der Waals surface area (Å²) < 4.78 is 13.2. The van der Waals surface area contributed by atoms with Gasteiger partial charge in [0.05, 0.1) is 0 Å². The second-order valence-corrected chi connectivity index (χ2v) is 6.26. The molecule has 1 aliphatic rings. The topological polar surface area (TPSA) is 35.6 Å². The van der Waals surface area contributed by atoms with Gasteiger partial charge >= 0.3 is 6.03 Å². The Labute approximate surface area is 141 Å². The Bertz CT molecular complexity index is 717. The van der Waals surface area contributed by atoms with Crippen molar-refractivity contribution in [2.45, 2.75) is 19.9 Å². The van der Waals surface area contributed by atoms with Crippen LogP contribution in [0.2, 0.25) is 0 Å². The highest BCUT2D eigenvalue weighted by atomic mass is 19.1. The number of carbonyl (C=O) groups is 1. The molecule has 1 saturated heterocycles. The molecule has 0 unspecified atom stereocenters. The van der Waals surface area contributed by atoms with E-state index in [9.17, 15) is 9.18 Å². The van der Waals surface area contributed by atoms with Crippen molar-refractivity contribution in [1.82, 2.24) is 4.90 Å². The zero-order chi connectivity index (χ0) is 17.1. The molecule has 0 radical (unpaired) electrons. The van der Waals surface area contributed by atoms with Crippen molar-refractivity contribution in [2.75, 3.05) is 29.9 Å². The Morgan fingerprint density at radius 2 is 1.92 bits per heavy atom. The third kappa shape index (κ3) is 3.67. The highest BCUT2D eigenvalue weighted by molar-refractivity contribution is 5.89. The van der Waals surface area contributed by atoms with Crippen LogP contribution in [0.5, 0.6) is 0 Å². The molecule has 0 aromatic heterocycles. The van der Waals surface area contributed by atoms with Gasteiger partial charge in [0, 0.05) is 37.1 Å². The number of benzene rings is 2. The van der Waals surface area contributed by atoms with Crippen LogP contribution in [0.25, 0.3) is 0 Å². The van der Waals surface area contributed by atoms with E-state index in [1.807, 2.05) is 0 Å². The molecule has 1 aliphatic heterocycles. The van der Waals surface area contributed by atoms with Gasteiger partial charge in [-0.05, 0) is 44.2 Å². The number of halogens is 1. The van der Waals surface area contributed by atoms with Gasteiger partial charge in [0.1, 0.15) is 5.82 Å². The van der Waals surface area contributed by atoms with Gasteiger partial charge in [-0.25, -0.2) is 9.18 Å². The molecule has 0 aliphatic carbocycles. The number of nitrogens with one attached hydrogen (secondary N) is 1. The van der Waals surface area contributed by atoms with Crippen molar-refractivity contribution in [1.29, 1.82) is 0 Å². The Balaban J connectivity index is 1.62. The van der Waals surface area contributed by atoms with Gasteiger partial charge in [-0.1, -0.05) is 23.8 Å². The lowest BCUT2D eigenvalue weighted by molar-refractivity contribution is 0.200. The molecule has 1 atom stereocenters. The van der Waals surface area contributed by atoms with Gasteiger partial charge < -0.3 is 15.1 Å². The predicted molar refractivity (Wildman–Crippen MR) is 95.0 cm³/mol. The van der Waals surface area contributed by atoms with Gasteiger partial charge in [-0.15, -0.1) is 0 Å². The summed E-state index contributed by atoms with van der Waals surface area (Å²) >= 11 is 0. The smallest absolute Gasteiger partial charge is 0.321 e. The van der Waals surface area contributed by atoms with Crippen LogP contribution in [-0.2, 0) is 0 Å². The van der Waals surface area contributed by atoms with Crippen molar-refractivity contribution in [3.63, 3.8) is 0 Å². The zero-order valence-electron chi connectivity index (χ0n) is 14.0. The van der Waals surface area contributed by atoms with E-state index in [0.29, 0.717) is 18.8 Å². The first kappa shape index (κ1) is 16.3. The third-order valence-corrected chi connectivity index (χ3v) is 4.36. The maximum absolute atomic E-state index is 13.2. The van der Waals surface area contributed by atoms with Crippen LogP contribution in [0.15, 0.2) is 48.5 Å².